The Hall–Kier alpha value is -4.19. The fourth-order valence-electron chi connectivity index (χ4n) is 7.34. The van der Waals surface area contributed by atoms with Crippen LogP contribution >= 0.6 is 0 Å². The van der Waals surface area contributed by atoms with Gasteiger partial charge in [-0.2, -0.15) is 0 Å². The van der Waals surface area contributed by atoms with Crippen molar-refractivity contribution < 1.29 is 28.6 Å². The minimum Gasteiger partial charge on any atom is -0.462 e. The zero-order chi connectivity index (χ0) is 50.0. The van der Waals surface area contributed by atoms with Gasteiger partial charge >= 0.3 is 17.9 Å². The van der Waals surface area contributed by atoms with Crippen LogP contribution in [0.3, 0.4) is 0 Å². The van der Waals surface area contributed by atoms with E-state index in [2.05, 4.69) is 136 Å². The van der Waals surface area contributed by atoms with E-state index in [-0.39, 0.29) is 44.0 Å². The summed E-state index contributed by atoms with van der Waals surface area (Å²) in [6.45, 7) is 6.33. The molecule has 0 spiro atoms. The van der Waals surface area contributed by atoms with Gasteiger partial charge in [0.2, 0.25) is 0 Å². The Balaban J connectivity index is 4.55. The maximum Gasteiger partial charge on any atom is 0.306 e. The number of hydrogen-bond acceptors (Lipinski definition) is 6. The van der Waals surface area contributed by atoms with Crippen molar-refractivity contribution in [3.63, 3.8) is 0 Å². The number of esters is 3. The Morgan fingerprint density at radius 1 is 0.304 bits per heavy atom. The molecule has 0 radical (unpaired) electrons. The summed E-state index contributed by atoms with van der Waals surface area (Å²) in [7, 11) is 0. The molecule has 0 aromatic heterocycles. The average molecular weight is 956 g/mol. The maximum atomic E-state index is 12.8. The van der Waals surface area contributed by atoms with Crippen molar-refractivity contribution in [2.75, 3.05) is 13.2 Å². The first kappa shape index (κ1) is 64.8. The van der Waals surface area contributed by atoms with Crippen molar-refractivity contribution in [1.29, 1.82) is 0 Å². The molecule has 0 saturated carbocycles. The summed E-state index contributed by atoms with van der Waals surface area (Å²) < 4.78 is 16.8. The van der Waals surface area contributed by atoms with Crippen molar-refractivity contribution >= 4 is 17.9 Å². The first-order valence-corrected chi connectivity index (χ1v) is 28.0. The summed E-state index contributed by atoms with van der Waals surface area (Å²) in [5.41, 5.74) is 0. The predicted molar refractivity (Wildman–Crippen MR) is 297 cm³/mol. The number of carbonyl (C=O) groups excluding carboxylic acids is 3. The standard InChI is InChI=1S/C63H102O6/c1-4-7-10-13-16-19-22-25-28-30-31-33-35-38-41-44-47-50-53-56-62(65)68-59-60(58-67-61(64)55-52-49-46-43-40-37-34-27-24-21-18-15-12-9-6-3)69-63(66)57-54-51-48-45-42-39-36-32-29-26-23-20-17-14-11-8-5-2/h7-8,10-11,16-17,19-20,25-26,28-29,31,33,36,38-39,41,47,50,60H,4-6,9,12-15,18,21-24,27,30,32,34-35,37,40,42-46,48-49,51-59H2,1-3H3/b10-7-,11-8-,19-16-,20-17-,28-25-,29-26-,33-31-,39-36-,41-38-,50-47-/t60-/m0/s1. The number of carbonyl (C=O) groups is 3. The lowest BCUT2D eigenvalue weighted by atomic mass is 10.0. The Morgan fingerprint density at radius 2 is 0.594 bits per heavy atom. The largest absolute Gasteiger partial charge is 0.462 e. The number of allylic oxidation sites excluding steroid dienone is 20. The maximum absolute atomic E-state index is 12.8. The van der Waals surface area contributed by atoms with E-state index in [1.54, 1.807) is 0 Å². The Bertz CT molecular complexity index is 1470. The highest BCUT2D eigenvalue weighted by molar-refractivity contribution is 5.71. The van der Waals surface area contributed by atoms with Gasteiger partial charge in [-0.05, 0) is 96.3 Å². The van der Waals surface area contributed by atoms with Crippen molar-refractivity contribution in [3.05, 3.63) is 122 Å². The van der Waals surface area contributed by atoms with Gasteiger partial charge in [0.15, 0.2) is 6.10 Å². The number of rotatable bonds is 49. The van der Waals surface area contributed by atoms with Crippen LogP contribution in [-0.2, 0) is 28.6 Å². The van der Waals surface area contributed by atoms with Gasteiger partial charge in [-0.15, -0.1) is 0 Å². The number of hydrogen-bond donors (Lipinski definition) is 0. The van der Waals surface area contributed by atoms with E-state index in [9.17, 15) is 14.4 Å². The summed E-state index contributed by atoms with van der Waals surface area (Å²) in [5, 5.41) is 0. The highest BCUT2D eigenvalue weighted by atomic mass is 16.6. The number of ether oxygens (including phenoxy) is 3. The van der Waals surface area contributed by atoms with Crippen molar-refractivity contribution in [1.82, 2.24) is 0 Å². The molecule has 0 aliphatic rings. The smallest absolute Gasteiger partial charge is 0.306 e. The Kier molecular flexibility index (Phi) is 53.0. The second kappa shape index (κ2) is 56.4. The van der Waals surface area contributed by atoms with Gasteiger partial charge in [0.05, 0.1) is 0 Å². The molecule has 0 unspecified atom stereocenters. The van der Waals surface area contributed by atoms with Gasteiger partial charge in [0, 0.05) is 19.3 Å². The van der Waals surface area contributed by atoms with Crippen LogP contribution in [0.4, 0.5) is 0 Å². The van der Waals surface area contributed by atoms with Crippen LogP contribution in [-0.4, -0.2) is 37.2 Å². The van der Waals surface area contributed by atoms with Crippen LogP contribution in [0.25, 0.3) is 0 Å². The number of unbranched alkanes of at least 4 members (excludes halogenated alkanes) is 18. The third-order valence-electron chi connectivity index (χ3n) is 11.5. The summed E-state index contributed by atoms with van der Waals surface area (Å²) in [5.74, 6) is -1.03. The van der Waals surface area contributed by atoms with E-state index in [0.717, 1.165) is 116 Å². The highest BCUT2D eigenvalue weighted by Gasteiger charge is 2.19. The lowest BCUT2D eigenvalue weighted by Gasteiger charge is -2.18. The molecule has 0 aromatic rings. The molecule has 0 fully saturated rings. The molecule has 0 amide bonds. The molecule has 0 N–H and O–H groups in total. The van der Waals surface area contributed by atoms with Gasteiger partial charge in [0.1, 0.15) is 13.2 Å². The van der Waals surface area contributed by atoms with Gasteiger partial charge in [-0.1, -0.05) is 245 Å². The molecule has 1 atom stereocenters. The highest BCUT2D eigenvalue weighted by Crippen LogP contribution is 2.15. The van der Waals surface area contributed by atoms with Crippen LogP contribution < -0.4 is 0 Å². The summed E-state index contributed by atoms with van der Waals surface area (Å²) in [4.78, 5) is 38.1. The van der Waals surface area contributed by atoms with Gasteiger partial charge < -0.3 is 14.2 Å². The van der Waals surface area contributed by atoms with E-state index in [0.29, 0.717) is 12.8 Å². The van der Waals surface area contributed by atoms with E-state index in [1.807, 2.05) is 6.08 Å². The quantitative estimate of drug-likeness (QED) is 0.0262. The topological polar surface area (TPSA) is 78.9 Å². The van der Waals surface area contributed by atoms with Crippen molar-refractivity contribution in [3.8, 4) is 0 Å². The first-order chi connectivity index (χ1) is 34.0. The molecule has 0 bridgehead atoms. The molecule has 69 heavy (non-hydrogen) atoms. The SMILES string of the molecule is CC/C=C\C/C=C\C/C=C\C/C=C\C/C=C\C/C=C\CCC(=O)OC[C@H](COC(=O)CCCCCCCCCCCCCCCCC)OC(=O)CCCCCC/C=C\C/C=C\C/C=C\C/C=C\CC. The Labute approximate surface area is 424 Å². The Morgan fingerprint density at radius 3 is 0.971 bits per heavy atom. The van der Waals surface area contributed by atoms with Gasteiger partial charge in [0.25, 0.3) is 0 Å². The molecule has 390 valence electrons. The first-order valence-electron chi connectivity index (χ1n) is 28.0. The monoisotopic (exact) mass is 955 g/mol. The summed E-state index contributed by atoms with van der Waals surface area (Å²) >= 11 is 0. The average Bonchev–Trinajstić information content (AvgIpc) is 3.35. The molecule has 0 saturated heterocycles. The second-order valence-corrected chi connectivity index (χ2v) is 18.1. The molecule has 0 aromatic carbocycles. The molecule has 0 rings (SSSR count). The van der Waals surface area contributed by atoms with Crippen LogP contribution in [0.15, 0.2) is 122 Å². The van der Waals surface area contributed by atoms with Crippen molar-refractivity contribution in [2.45, 2.75) is 245 Å². The fourth-order valence-corrected chi connectivity index (χ4v) is 7.34. The normalized spacial score (nSPS) is 13.0. The molecule has 6 heteroatoms. The third-order valence-corrected chi connectivity index (χ3v) is 11.5. The molecule has 0 aliphatic heterocycles. The van der Waals surface area contributed by atoms with Crippen LogP contribution in [0.2, 0.25) is 0 Å². The van der Waals surface area contributed by atoms with Crippen LogP contribution in [0.5, 0.6) is 0 Å². The fraction of sp³-hybridized carbons (Fsp3) is 0.635. The summed E-state index contributed by atoms with van der Waals surface area (Å²) in [6, 6.07) is 0. The van der Waals surface area contributed by atoms with E-state index in [4.69, 9.17) is 14.2 Å². The zero-order valence-electron chi connectivity index (χ0n) is 44.5. The lowest BCUT2D eigenvalue weighted by Crippen LogP contribution is -2.30. The van der Waals surface area contributed by atoms with Gasteiger partial charge in [-0.25, -0.2) is 0 Å². The molecular weight excluding hydrogens is 853 g/mol. The van der Waals surface area contributed by atoms with Crippen LogP contribution in [0.1, 0.15) is 239 Å². The summed E-state index contributed by atoms with van der Waals surface area (Å²) in [6.07, 6.45) is 77.7. The second-order valence-electron chi connectivity index (χ2n) is 18.1. The van der Waals surface area contributed by atoms with E-state index >= 15 is 0 Å². The van der Waals surface area contributed by atoms with E-state index in [1.165, 1.54) is 77.0 Å². The zero-order valence-corrected chi connectivity index (χ0v) is 44.5. The van der Waals surface area contributed by atoms with Crippen LogP contribution in [0, 0.1) is 0 Å². The lowest BCUT2D eigenvalue weighted by molar-refractivity contribution is -0.166. The molecular formula is C63H102O6. The minimum atomic E-state index is -0.824. The minimum absolute atomic E-state index is 0.112. The van der Waals surface area contributed by atoms with Crippen molar-refractivity contribution in [2.24, 2.45) is 0 Å². The third kappa shape index (κ3) is 54.6. The predicted octanol–water partition coefficient (Wildman–Crippen LogP) is 18.9. The molecule has 6 nitrogen and oxygen atoms in total. The molecule has 0 aliphatic carbocycles. The molecule has 0 heterocycles. The van der Waals surface area contributed by atoms with E-state index < -0.39 is 6.10 Å². The van der Waals surface area contributed by atoms with Gasteiger partial charge in [-0.3, -0.25) is 14.4 Å².